The lowest BCUT2D eigenvalue weighted by Gasteiger charge is -2.25. The van der Waals surface area contributed by atoms with Gasteiger partial charge in [-0.1, -0.05) is 0 Å². The van der Waals surface area contributed by atoms with Crippen LogP contribution >= 0.6 is 0 Å². The van der Waals surface area contributed by atoms with Gasteiger partial charge in [0.25, 0.3) is 0 Å². The minimum atomic E-state index is -0.855. The summed E-state index contributed by atoms with van der Waals surface area (Å²) in [4.78, 5) is 23.6. The number of hydrogen-bond donors (Lipinski definition) is 3. The summed E-state index contributed by atoms with van der Waals surface area (Å²) in [6, 6.07) is -0.485. The normalized spacial score (nSPS) is 20.6. The highest BCUT2D eigenvalue weighted by Crippen LogP contribution is 2.38. The Bertz CT molecular complexity index is 309. The zero-order chi connectivity index (χ0) is 13.2. The molecule has 0 heterocycles. The van der Waals surface area contributed by atoms with Crippen LogP contribution < -0.4 is 16.4 Å². The first-order valence-electron chi connectivity index (χ1n) is 6.15. The fourth-order valence-electron chi connectivity index (χ4n) is 1.70. The van der Waals surface area contributed by atoms with Gasteiger partial charge in [-0.3, -0.25) is 9.59 Å². The molecule has 2 atom stereocenters. The van der Waals surface area contributed by atoms with Gasteiger partial charge in [0.2, 0.25) is 11.8 Å². The third kappa shape index (κ3) is 3.70. The van der Waals surface area contributed by atoms with Gasteiger partial charge in [0, 0.05) is 6.04 Å². The maximum atomic E-state index is 11.9. The molecule has 1 aliphatic carbocycles. The van der Waals surface area contributed by atoms with Crippen molar-refractivity contribution >= 4 is 11.8 Å². The van der Waals surface area contributed by atoms with E-state index >= 15 is 0 Å². The van der Waals surface area contributed by atoms with Crippen molar-refractivity contribution in [2.45, 2.75) is 58.2 Å². The molecule has 0 aliphatic heterocycles. The average Bonchev–Trinajstić information content (AvgIpc) is 2.99. The minimum absolute atomic E-state index is 0.0644. The van der Waals surface area contributed by atoms with E-state index in [0.717, 1.165) is 12.8 Å². The smallest absolute Gasteiger partial charge is 0.242 e. The number of carbonyl (C=O) groups excluding carboxylic acids is 2. The van der Waals surface area contributed by atoms with E-state index in [0.29, 0.717) is 0 Å². The first-order chi connectivity index (χ1) is 7.75. The fourth-order valence-corrected chi connectivity index (χ4v) is 1.70. The summed E-state index contributed by atoms with van der Waals surface area (Å²) in [6.45, 7) is 7.15. The fraction of sp³-hybridized carbons (Fsp3) is 0.833. The van der Waals surface area contributed by atoms with Crippen molar-refractivity contribution in [1.29, 1.82) is 0 Å². The first kappa shape index (κ1) is 14.0. The van der Waals surface area contributed by atoms with Crippen LogP contribution in [0.2, 0.25) is 0 Å². The van der Waals surface area contributed by atoms with E-state index in [1.807, 2.05) is 13.8 Å². The highest BCUT2D eigenvalue weighted by atomic mass is 16.2. The molecular formula is C12H23N3O2. The lowest BCUT2D eigenvalue weighted by Crippen LogP contribution is -2.58. The number of rotatable bonds is 5. The van der Waals surface area contributed by atoms with Crippen molar-refractivity contribution in [2.24, 2.45) is 11.7 Å². The molecule has 17 heavy (non-hydrogen) atoms. The molecule has 2 amide bonds. The highest BCUT2D eigenvalue weighted by Gasteiger charge is 2.44. The monoisotopic (exact) mass is 241 g/mol. The predicted octanol–water partition coefficient (Wildman–Crippen LogP) is 0.143. The van der Waals surface area contributed by atoms with Gasteiger partial charge in [0.1, 0.15) is 6.04 Å². The average molecular weight is 241 g/mol. The molecule has 0 saturated heterocycles. The van der Waals surface area contributed by atoms with Crippen molar-refractivity contribution in [3.63, 3.8) is 0 Å². The summed E-state index contributed by atoms with van der Waals surface area (Å²) >= 11 is 0. The van der Waals surface area contributed by atoms with Gasteiger partial charge in [0.15, 0.2) is 0 Å². The molecule has 5 heteroatoms. The summed E-state index contributed by atoms with van der Waals surface area (Å²) in [5.41, 5.74) is 5.12. The third-order valence-corrected chi connectivity index (χ3v) is 3.09. The number of carbonyl (C=O) groups is 2. The maximum absolute atomic E-state index is 11.9. The van der Waals surface area contributed by atoms with Crippen LogP contribution in [0.5, 0.6) is 0 Å². The van der Waals surface area contributed by atoms with Gasteiger partial charge in [-0.05, 0) is 46.5 Å². The molecule has 1 aliphatic rings. The molecule has 5 nitrogen and oxygen atoms in total. The molecule has 0 aromatic carbocycles. The van der Waals surface area contributed by atoms with Crippen molar-refractivity contribution < 1.29 is 9.59 Å². The van der Waals surface area contributed by atoms with E-state index in [9.17, 15) is 9.59 Å². The SMILES string of the molecule is CC(C)NC(=O)C(C)NC(=O)C(C)(N)C1CC1. The van der Waals surface area contributed by atoms with Gasteiger partial charge < -0.3 is 16.4 Å². The molecule has 0 bridgehead atoms. The Hall–Kier alpha value is -1.10. The summed E-state index contributed by atoms with van der Waals surface area (Å²) in [5.74, 6) is -0.172. The lowest BCUT2D eigenvalue weighted by molar-refractivity contribution is -0.131. The lowest BCUT2D eigenvalue weighted by atomic mass is 9.96. The molecule has 2 unspecified atom stereocenters. The van der Waals surface area contributed by atoms with E-state index in [1.54, 1.807) is 13.8 Å². The number of nitrogens with one attached hydrogen (secondary N) is 2. The largest absolute Gasteiger partial charge is 0.352 e. The van der Waals surface area contributed by atoms with Crippen molar-refractivity contribution in [2.75, 3.05) is 0 Å². The quantitative estimate of drug-likeness (QED) is 0.640. The Balaban J connectivity index is 2.47. The van der Waals surface area contributed by atoms with Crippen LogP contribution in [0.4, 0.5) is 0 Å². The second-order valence-corrected chi connectivity index (χ2v) is 5.42. The Morgan fingerprint density at radius 1 is 1.24 bits per heavy atom. The molecule has 1 fully saturated rings. The topological polar surface area (TPSA) is 84.2 Å². The first-order valence-corrected chi connectivity index (χ1v) is 6.15. The Morgan fingerprint density at radius 2 is 1.76 bits per heavy atom. The van der Waals surface area contributed by atoms with E-state index in [-0.39, 0.29) is 23.8 Å². The summed E-state index contributed by atoms with van der Waals surface area (Å²) < 4.78 is 0. The van der Waals surface area contributed by atoms with Crippen LogP contribution in [0, 0.1) is 5.92 Å². The summed E-state index contributed by atoms with van der Waals surface area (Å²) in [6.07, 6.45) is 1.99. The van der Waals surface area contributed by atoms with Crippen molar-refractivity contribution in [3.05, 3.63) is 0 Å². The van der Waals surface area contributed by atoms with E-state index in [4.69, 9.17) is 5.73 Å². The second-order valence-electron chi connectivity index (χ2n) is 5.42. The number of amides is 2. The van der Waals surface area contributed by atoms with Crippen LogP contribution in [0.15, 0.2) is 0 Å². The van der Waals surface area contributed by atoms with Gasteiger partial charge in [-0.15, -0.1) is 0 Å². The summed E-state index contributed by atoms with van der Waals surface area (Å²) in [7, 11) is 0. The molecule has 1 rings (SSSR count). The highest BCUT2D eigenvalue weighted by molar-refractivity contribution is 5.92. The van der Waals surface area contributed by atoms with Crippen LogP contribution in [-0.4, -0.2) is 29.4 Å². The Morgan fingerprint density at radius 3 is 2.18 bits per heavy atom. The van der Waals surface area contributed by atoms with Gasteiger partial charge in [-0.25, -0.2) is 0 Å². The molecule has 0 aromatic heterocycles. The molecule has 98 valence electrons. The number of nitrogens with two attached hydrogens (primary N) is 1. The van der Waals surface area contributed by atoms with Crippen molar-refractivity contribution in [3.8, 4) is 0 Å². The predicted molar refractivity (Wildman–Crippen MR) is 66.2 cm³/mol. The third-order valence-electron chi connectivity index (χ3n) is 3.09. The standard InChI is InChI=1S/C12H23N3O2/c1-7(2)14-10(16)8(3)15-11(17)12(4,13)9-5-6-9/h7-9H,5-6,13H2,1-4H3,(H,14,16)(H,15,17). The molecular weight excluding hydrogens is 218 g/mol. The summed E-state index contributed by atoms with van der Waals surface area (Å²) in [5, 5.41) is 5.42. The zero-order valence-electron chi connectivity index (χ0n) is 11.0. The van der Waals surface area contributed by atoms with Crippen LogP contribution in [0.3, 0.4) is 0 Å². The minimum Gasteiger partial charge on any atom is -0.352 e. The molecule has 0 radical (unpaired) electrons. The molecule has 1 saturated carbocycles. The van der Waals surface area contributed by atoms with Gasteiger partial charge in [-0.2, -0.15) is 0 Å². The Labute approximate surface area is 103 Å². The van der Waals surface area contributed by atoms with Crippen LogP contribution in [0.25, 0.3) is 0 Å². The van der Waals surface area contributed by atoms with Crippen LogP contribution in [-0.2, 0) is 9.59 Å². The second kappa shape index (κ2) is 5.04. The van der Waals surface area contributed by atoms with E-state index in [1.165, 1.54) is 0 Å². The zero-order valence-corrected chi connectivity index (χ0v) is 11.0. The molecule has 0 aromatic rings. The van der Waals surface area contributed by atoms with E-state index < -0.39 is 11.6 Å². The van der Waals surface area contributed by atoms with Gasteiger partial charge in [0.05, 0.1) is 5.54 Å². The molecule has 0 spiro atoms. The molecule has 4 N–H and O–H groups in total. The van der Waals surface area contributed by atoms with Crippen LogP contribution in [0.1, 0.15) is 40.5 Å². The number of hydrogen-bond acceptors (Lipinski definition) is 3. The van der Waals surface area contributed by atoms with E-state index in [2.05, 4.69) is 10.6 Å². The Kier molecular flexibility index (Phi) is 4.14. The maximum Gasteiger partial charge on any atom is 0.242 e. The van der Waals surface area contributed by atoms with Gasteiger partial charge >= 0.3 is 0 Å². The van der Waals surface area contributed by atoms with Crippen molar-refractivity contribution in [1.82, 2.24) is 10.6 Å².